The van der Waals surface area contributed by atoms with Crippen molar-refractivity contribution in [3.05, 3.63) is 93.9 Å². The van der Waals surface area contributed by atoms with Crippen LogP contribution in [0.2, 0.25) is 0 Å². The summed E-state index contributed by atoms with van der Waals surface area (Å²) in [5.74, 6) is -0.440. The molecule has 0 unspecified atom stereocenters. The van der Waals surface area contributed by atoms with E-state index in [0.717, 1.165) is 24.1 Å². The van der Waals surface area contributed by atoms with Crippen LogP contribution < -0.4 is 15.8 Å². The first-order valence-corrected chi connectivity index (χ1v) is 11.1. The number of hydrogen-bond acceptors (Lipinski definition) is 4. The van der Waals surface area contributed by atoms with Crippen molar-refractivity contribution < 1.29 is 18.0 Å². The Hall–Kier alpha value is -3.62. The van der Waals surface area contributed by atoms with E-state index in [0.29, 0.717) is 37.3 Å². The average molecular weight is 470 g/mol. The van der Waals surface area contributed by atoms with Gasteiger partial charge in [0.05, 0.1) is 29.9 Å². The van der Waals surface area contributed by atoms with Crippen LogP contribution in [0.25, 0.3) is 0 Å². The molecule has 0 spiro atoms. The van der Waals surface area contributed by atoms with Crippen LogP contribution in [0.15, 0.2) is 71.7 Å². The van der Waals surface area contributed by atoms with Gasteiger partial charge in [-0.15, -0.1) is 0 Å². The topological polar surface area (TPSA) is 67.2 Å². The molecule has 1 fully saturated rings. The largest absolute Gasteiger partial charge is 0.416 e. The van der Waals surface area contributed by atoms with E-state index < -0.39 is 11.7 Å². The SMILES string of the molecule is O=C(NCc1ccc(C(F)(F)F)cc1)[C@H]1CCCN(c2cnn(Cc3ccccc3)c(=O)c2)C1. The Morgan fingerprint density at radius 2 is 1.79 bits per heavy atom. The van der Waals surface area contributed by atoms with Gasteiger partial charge < -0.3 is 10.2 Å². The first-order chi connectivity index (χ1) is 16.3. The Kier molecular flexibility index (Phi) is 7.00. The predicted octanol–water partition coefficient (Wildman–Crippen LogP) is 3.84. The molecule has 3 aromatic rings. The summed E-state index contributed by atoms with van der Waals surface area (Å²) in [7, 11) is 0. The third kappa shape index (κ3) is 5.84. The van der Waals surface area contributed by atoms with E-state index in [-0.39, 0.29) is 23.9 Å². The van der Waals surface area contributed by atoms with E-state index in [2.05, 4.69) is 10.4 Å². The summed E-state index contributed by atoms with van der Waals surface area (Å²) in [4.78, 5) is 27.3. The quantitative estimate of drug-likeness (QED) is 0.595. The number of halogens is 3. The molecule has 0 aliphatic carbocycles. The molecule has 1 atom stereocenters. The number of benzene rings is 2. The summed E-state index contributed by atoms with van der Waals surface area (Å²) in [6.07, 6.45) is -1.25. The number of aromatic nitrogens is 2. The minimum absolute atomic E-state index is 0.157. The first-order valence-electron chi connectivity index (χ1n) is 11.1. The summed E-state index contributed by atoms with van der Waals surface area (Å²) in [5, 5.41) is 7.12. The number of piperidine rings is 1. The molecule has 4 rings (SSSR count). The van der Waals surface area contributed by atoms with Crippen molar-refractivity contribution in [2.75, 3.05) is 18.0 Å². The molecule has 0 bridgehead atoms. The third-order valence-corrected chi connectivity index (χ3v) is 5.94. The zero-order valence-electron chi connectivity index (χ0n) is 18.5. The highest BCUT2D eigenvalue weighted by molar-refractivity contribution is 5.79. The van der Waals surface area contributed by atoms with Crippen LogP contribution in [0.4, 0.5) is 18.9 Å². The molecule has 2 aromatic carbocycles. The van der Waals surface area contributed by atoms with Gasteiger partial charge in [-0.25, -0.2) is 4.68 Å². The van der Waals surface area contributed by atoms with E-state index >= 15 is 0 Å². The number of nitrogens with zero attached hydrogens (tertiary/aromatic N) is 3. The Bertz CT molecular complexity index is 1180. The minimum atomic E-state index is -4.38. The van der Waals surface area contributed by atoms with Crippen LogP contribution in [-0.2, 0) is 24.1 Å². The van der Waals surface area contributed by atoms with Crippen molar-refractivity contribution in [3.8, 4) is 0 Å². The number of carbonyl (C=O) groups excluding carboxylic acids is 1. The standard InChI is InChI=1S/C25H25F3N4O2/c26-25(27,28)21-10-8-18(9-11-21)14-29-24(34)20-7-4-12-31(17-20)22-13-23(33)32(30-15-22)16-19-5-2-1-3-6-19/h1-3,5-6,8-11,13,15,20H,4,7,12,14,16-17H2,(H,29,34)/t20-/m0/s1. The van der Waals surface area contributed by atoms with Crippen molar-refractivity contribution >= 4 is 11.6 Å². The molecular weight excluding hydrogens is 445 g/mol. The van der Waals surface area contributed by atoms with Crippen molar-refractivity contribution in [1.29, 1.82) is 0 Å². The number of alkyl halides is 3. The summed E-state index contributed by atoms with van der Waals surface area (Å²) < 4.78 is 39.5. The monoisotopic (exact) mass is 470 g/mol. The van der Waals surface area contributed by atoms with Crippen molar-refractivity contribution in [2.24, 2.45) is 5.92 Å². The maximum atomic E-state index is 12.7. The molecule has 178 valence electrons. The Labute approximate surface area is 195 Å². The van der Waals surface area contributed by atoms with Gasteiger partial charge in [0.1, 0.15) is 0 Å². The van der Waals surface area contributed by atoms with Crippen LogP contribution in [0.3, 0.4) is 0 Å². The van der Waals surface area contributed by atoms with Gasteiger partial charge in [-0.1, -0.05) is 42.5 Å². The normalized spacial score (nSPS) is 16.3. The molecule has 9 heteroatoms. The maximum Gasteiger partial charge on any atom is 0.416 e. The van der Waals surface area contributed by atoms with E-state index in [1.165, 1.54) is 16.8 Å². The Morgan fingerprint density at radius 3 is 2.47 bits per heavy atom. The van der Waals surface area contributed by atoms with Gasteiger partial charge in [-0.2, -0.15) is 18.3 Å². The molecule has 1 saturated heterocycles. The van der Waals surface area contributed by atoms with E-state index in [9.17, 15) is 22.8 Å². The van der Waals surface area contributed by atoms with Crippen LogP contribution in [-0.4, -0.2) is 28.8 Å². The zero-order valence-corrected chi connectivity index (χ0v) is 18.5. The molecule has 1 aromatic heterocycles. The Balaban J connectivity index is 1.35. The highest BCUT2D eigenvalue weighted by atomic mass is 19.4. The van der Waals surface area contributed by atoms with E-state index in [1.54, 1.807) is 12.3 Å². The fraction of sp³-hybridized carbons (Fsp3) is 0.320. The van der Waals surface area contributed by atoms with Crippen LogP contribution >= 0.6 is 0 Å². The molecule has 2 heterocycles. The van der Waals surface area contributed by atoms with Crippen LogP contribution in [0.5, 0.6) is 0 Å². The number of rotatable bonds is 6. The van der Waals surface area contributed by atoms with Gasteiger partial charge in [0.25, 0.3) is 5.56 Å². The lowest BCUT2D eigenvalue weighted by Gasteiger charge is -2.33. The van der Waals surface area contributed by atoms with Crippen molar-refractivity contribution in [3.63, 3.8) is 0 Å². The summed E-state index contributed by atoms with van der Waals surface area (Å²) in [5.41, 5.74) is 1.32. The number of hydrogen-bond donors (Lipinski definition) is 1. The summed E-state index contributed by atoms with van der Waals surface area (Å²) >= 11 is 0. The molecule has 1 amide bonds. The fourth-order valence-corrected chi connectivity index (χ4v) is 4.04. The second kappa shape index (κ2) is 10.1. The lowest BCUT2D eigenvalue weighted by Crippen LogP contribution is -2.43. The van der Waals surface area contributed by atoms with E-state index in [4.69, 9.17) is 0 Å². The van der Waals surface area contributed by atoms with Gasteiger partial charge in [-0.3, -0.25) is 9.59 Å². The van der Waals surface area contributed by atoms with Gasteiger partial charge >= 0.3 is 6.18 Å². The molecule has 0 saturated carbocycles. The lowest BCUT2D eigenvalue weighted by atomic mass is 9.96. The first kappa shape index (κ1) is 23.5. The highest BCUT2D eigenvalue weighted by Gasteiger charge is 2.30. The zero-order chi connectivity index (χ0) is 24.1. The number of nitrogens with one attached hydrogen (secondary N) is 1. The fourth-order valence-electron chi connectivity index (χ4n) is 4.04. The molecular formula is C25H25F3N4O2. The molecule has 1 aliphatic heterocycles. The summed E-state index contributed by atoms with van der Waals surface area (Å²) in [6, 6.07) is 15.9. The molecule has 34 heavy (non-hydrogen) atoms. The smallest absolute Gasteiger partial charge is 0.369 e. The van der Waals surface area contributed by atoms with Gasteiger partial charge in [-0.05, 0) is 36.1 Å². The molecule has 1 N–H and O–H groups in total. The second-order valence-electron chi connectivity index (χ2n) is 8.39. The van der Waals surface area contributed by atoms with Gasteiger partial charge in [0, 0.05) is 25.7 Å². The molecule has 1 aliphatic rings. The van der Waals surface area contributed by atoms with Gasteiger partial charge in [0.2, 0.25) is 5.91 Å². The lowest BCUT2D eigenvalue weighted by molar-refractivity contribution is -0.137. The number of anilines is 1. The Morgan fingerprint density at radius 1 is 1.06 bits per heavy atom. The van der Waals surface area contributed by atoms with Crippen LogP contribution in [0, 0.1) is 5.92 Å². The number of amides is 1. The van der Waals surface area contributed by atoms with Crippen molar-refractivity contribution in [2.45, 2.75) is 32.1 Å². The molecule has 0 radical (unpaired) electrons. The third-order valence-electron chi connectivity index (χ3n) is 5.94. The second-order valence-corrected chi connectivity index (χ2v) is 8.39. The minimum Gasteiger partial charge on any atom is -0.369 e. The van der Waals surface area contributed by atoms with Crippen LogP contribution in [0.1, 0.15) is 29.5 Å². The summed E-state index contributed by atoms with van der Waals surface area (Å²) in [6.45, 7) is 1.70. The van der Waals surface area contributed by atoms with Crippen molar-refractivity contribution in [1.82, 2.24) is 15.1 Å². The van der Waals surface area contributed by atoms with E-state index in [1.807, 2.05) is 35.2 Å². The predicted molar refractivity (Wildman–Crippen MR) is 122 cm³/mol. The van der Waals surface area contributed by atoms with Gasteiger partial charge in [0.15, 0.2) is 0 Å². The highest BCUT2D eigenvalue weighted by Crippen LogP contribution is 2.29. The number of carbonyl (C=O) groups is 1. The average Bonchev–Trinajstić information content (AvgIpc) is 2.84. The molecule has 6 nitrogen and oxygen atoms in total. The maximum absolute atomic E-state index is 12.7.